The van der Waals surface area contributed by atoms with Crippen LogP contribution >= 0.6 is 11.6 Å². The molecule has 1 aromatic carbocycles. The summed E-state index contributed by atoms with van der Waals surface area (Å²) in [5.74, 6) is 0. The number of pyridine rings is 1. The lowest BCUT2D eigenvalue weighted by Crippen LogP contribution is -1.92. The molecule has 2 N–H and O–H groups in total. The van der Waals surface area contributed by atoms with Gasteiger partial charge in [-0.3, -0.25) is 0 Å². The van der Waals surface area contributed by atoms with E-state index in [4.69, 9.17) is 17.3 Å². The predicted molar refractivity (Wildman–Crippen MR) is 60.6 cm³/mol. The van der Waals surface area contributed by atoms with Gasteiger partial charge < -0.3 is 5.73 Å². The minimum atomic E-state index is 0.377. The van der Waals surface area contributed by atoms with Crippen LogP contribution in [0.3, 0.4) is 0 Å². The van der Waals surface area contributed by atoms with E-state index in [1.165, 1.54) is 11.1 Å². The molecule has 0 aliphatic rings. The predicted octanol–water partition coefficient (Wildman–Crippen LogP) is 3.09. The van der Waals surface area contributed by atoms with Crippen molar-refractivity contribution in [3.63, 3.8) is 0 Å². The van der Waals surface area contributed by atoms with Crippen molar-refractivity contribution in [3.05, 3.63) is 34.5 Å². The van der Waals surface area contributed by atoms with E-state index in [9.17, 15) is 0 Å². The van der Waals surface area contributed by atoms with Crippen molar-refractivity contribution in [2.45, 2.75) is 13.8 Å². The Hall–Kier alpha value is -1.28. The van der Waals surface area contributed by atoms with Gasteiger partial charge in [0.1, 0.15) is 0 Å². The summed E-state index contributed by atoms with van der Waals surface area (Å²) in [6, 6.07) is 5.99. The van der Waals surface area contributed by atoms with Crippen LogP contribution in [0.2, 0.25) is 5.15 Å². The highest BCUT2D eigenvalue weighted by Gasteiger charge is 2.04. The van der Waals surface area contributed by atoms with Gasteiger partial charge >= 0.3 is 0 Å². The topological polar surface area (TPSA) is 38.9 Å². The molecular formula is C11H11ClN2. The molecule has 0 aliphatic heterocycles. The van der Waals surface area contributed by atoms with E-state index in [0.29, 0.717) is 10.8 Å². The standard InChI is InChI=1S/C11H11ClN2/c1-6-3-7(2)8-5-9(13)11(12)14-10(8)4-6/h3-5H,13H2,1-2H3. The van der Waals surface area contributed by atoms with Crippen LogP contribution in [0.25, 0.3) is 10.9 Å². The van der Waals surface area contributed by atoms with Crippen molar-refractivity contribution >= 4 is 28.2 Å². The van der Waals surface area contributed by atoms with Crippen molar-refractivity contribution in [3.8, 4) is 0 Å². The monoisotopic (exact) mass is 206 g/mol. The van der Waals surface area contributed by atoms with Crippen LogP contribution in [0.1, 0.15) is 11.1 Å². The van der Waals surface area contributed by atoms with Crippen LogP contribution < -0.4 is 5.73 Å². The largest absolute Gasteiger partial charge is 0.396 e. The van der Waals surface area contributed by atoms with E-state index >= 15 is 0 Å². The molecule has 0 spiro atoms. The Morgan fingerprint density at radius 2 is 1.93 bits per heavy atom. The maximum absolute atomic E-state index is 5.86. The Balaban J connectivity index is 2.89. The molecule has 0 saturated heterocycles. The zero-order chi connectivity index (χ0) is 10.3. The number of aromatic nitrogens is 1. The van der Waals surface area contributed by atoms with Crippen LogP contribution in [0, 0.1) is 13.8 Å². The van der Waals surface area contributed by atoms with Crippen molar-refractivity contribution < 1.29 is 0 Å². The quantitative estimate of drug-likeness (QED) is 0.673. The molecule has 0 bridgehead atoms. The average Bonchev–Trinajstić information content (AvgIpc) is 2.08. The Morgan fingerprint density at radius 1 is 1.21 bits per heavy atom. The number of aryl methyl sites for hydroxylation is 2. The fourth-order valence-corrected chi connectivity index (χ4v) is 1.77. The molecule has 3 heteroatoms. The van der Waals surface area contributed by atoms with Gasteiger partial charge in [0.25, 0.3) is 0 Å². The molecule has 2 aromatic rings. The first-order chi connectivity index (χ1) is 6.58. The third-order valence-electron chi connectivity index (χ3n) is 2.27. The van der Waals surface area contributed by atoms with Gasteiger partial charge in [0.2, 0.25) is 0 Å². The SMILES string of the molecule is Cc1cc(C)c2cc(N)c(Cl)nc2c1. The highest BCUT2D eigenvalue weighted by Crippen LogP contribution is 2.25. The number of halogens is 1. The molecule has 1 aromatic heterocycles. The third kappa shape index (κ3) is 1.42. The number of rotatable bonds is 0. The molecule has 0 amide bonds. The summed E-state index contributed by atoms with van der Waals surface area (Å²) >= 11 is 5.86. The molecule has 2 rings (SSSR count). The zero-order valence-electron chi connectivity index (χ0n) is 8.13. The summed E-state index contributed by atoms with van der Waals surface area (Å²) in [7, 11) is 0. The number of nitrogens with zero attached hydrogens (tertiary/aromatic N) is 1. The fraction of sp³-hybridized carbons (Fsp3) is 0.182. The summed E-state index contributed by atoms with van der Waals surface area (Å²) < 4.78 is 0. The maximum Gasteiger partial charge on any atom is 0.152 e. The van der Waals surface area contributed by atoms with E-state index < -0.39 is 0 Å². The molecule has 14 heavy (non-hydrogen) atoms. The number of nitrogens with two attached hydrogens (primary N) is 1. The van der Waals surface area contributed by atoms with E-state index in [-0.39, 0.29) is 0 Å². The highest BCUT2D eigenvalue weighted by atomic mass is 35.5. The molecule has 2 nitrogen and oxygen atoms in total. The fourth-order valence-electron chi connectivity index (χ4n) is 1.62. The van der Waals surface area contributed by atoms with Gasteiger partial charge in [0.15, 0.2) is 5.15 Å². The van der Waals surface area contributed by atoms with Gasteiger partial charge in [-0.15, -0.1) is 0 Å². The first-order valence-corrected chi connectivity index (χ1v) is 4.78. The Bertz CT molecular complexity index is 506. The van der Waals surface area contributed by atoms with E-state index in [2.05, 4.69) is 11.1 Å². The van der Waals surface area contributed by atoms with Gasteiger partial charge in [0, 0.05) is 5.39 Å². The number of hydrogen-bond acceptors (Lipinski definition) is 2. The second-order valence-electron chi connectivity index (χ2n) is 3.52. The first-order valence-electron chi connectivity index (χ1n) is 4.41. The van der Waals surface area contributed by atoms with Crippen molar-refractivity contribution in [2.24, 2.45) is 0 Å². The van der Waals surface area contributed by atoms with Gasteiger partial charge in [0.05, 0.1) is 11.2 Å². The second-order valence-corrected chi connectivity index (χ2v) is 3.87. The maximum atomic E-state index is 5.86. The molecule has 0 aliphatic carbocycles. The summed E-state index contributed by atoms with van der Waals surface area (Å²) in [6.07, 6.45) is 0. The van der Waals surface area contributed by atoms with Crippen LogP contribution in [0.5, 0.6) is 0 Å². The lowest BCUT2D eigenvalue weighted by Gasteiger charge is -2.05. The number of nitrogen functional groups attached to an aromatic ring is 1. The molecule has 0 saturated carbocycles. The van der Waals surface area contributed by atoms with Gasteiger partial charge in [-0.2, -0.15) is 0 Å². The number of fused-ring (bicyclic) bond motifs is 1. The van der Waals surface area contributed by atoms with Gasteiger partial charge in [-0.25, -0.2) is 4.98 Å². The molecule has 0 radical (unpaired) electrons. The average molecular weight is 207 g/mol. The minimum absolute atomic E-state index is 0.377. The Morgan fingerprint density at radius 3 is 2.64 bits per heavy atom. The Kier molecular flexibility index (Phi) is 2.08. The number of anilines is 1. The molecule has 0 fully saturated rings. The first kappa shape index (κ1) is 9.28. The molecule has 0 unspecified atom stereocenters. The van der Waals surface area contributed by atoms with Gasteiger partial charge in [-0.05, 0) is 37.1 Å². The highest BCUT2D eigenvalue weighted by molar-refractivity contribution is 6.32. The Labute approximate surface area is 87.7 Å². The van der Waals surface area contributed by atoms with Crippen LogP contribution in [-0.2, 0) is 0 Å². The molecule has 1 heterocycles. The lowest BCUT2D eigenvalue weighted by molar-refractivity contribution is 1.36. The number of hydrogen-bond donors (Lipinski definition) is 1. The third-order valence-corrected chi connectivity index (χ3v) is 2.57. The molecular weight excluding hydrogens is 196 g/mol. The summed E-state index contributed by atoms with van der Waals surface area (Å²) in [4.78, 5) is 4.24. The normalized spacial score (nSPS) is 10.8. The van der Waals surface area contributed by atoms with Gasteiger partial charge in [-0.1, -0.05) is 17.7 Å². The minimum Gasteiger partial charge on any atom is -0.396 e. The van der Waals surface area contributed by atoms with Crippen LogP contribution in [-0.4, -0.2) is 4.98 Å². The lowest BCUT2D eigenvalue weighted by atomic mass is 10.1. The second kappa shape index (κ2) is 3.14. The summed E-state index contributed by atoms with van der Waals surface area (Å²) in [5.41, 5.74) is 9.50. The number of benzene rings is 1. The van der Waals surface area contributed by atoms with Crippen LogP contribution in [0.15, 0.2) is 18.2 Å². The van der Waals surface area contributed by atoms with Crippen molar-refractivity contribution in [2.75, 3.05) is 5.73 Å². The van der Waals surface area contributed by atoms with E-state index in [1.54, 1.807) is 0 Å². The molecule has 72 valence electrons. The van der Waals surface area contributed by atoms with E-state index in [0.717, 1.165) is 10.9 Å². The summed E-state index contributed by atoms with van der Waals surface area (Å²) in [6.45, 7) is 4.09. The van der Waals surface area contributed by atoms with Crippen molar-refractivity contribution in [1.29, 1.82) is 0 Å². The molecule has 0 atom stereocenters. The van der Waals surface area contributed by atoms with E-state index in [1.807, 2.05) is 26.0 Å². The van der Waals surface area contributed by atoms with Crippen LogP contribution in [0.4, 0.5) is 5.69 Å². The summed E-state index contributed by atoms with van der Waals surface area (Å²) in [5, 5.41) is 1.44. The zero-order valence-corrected chi connectivity index (χ0v) is 8.89. The van der Waals surface area contributed by atoms with Crippen molar-refractivity contribution in [1.82, 2.24) is 4.98 Å². The smallest absolute Gasteiger partial charge is 0.152 e.